The van der Waals surface area contributed by atoms with Crippen LogP contribution in [0.3, 0.4) is 0 Å². The first kappa shape index (κ1) is 24.3. The summed E-state index contributed by atoms with van der Waals surface area (Å²) in [7, 11) is 0. The maximum Gasteiger partial charge on any atom is 0.322 e. The largest absolute Gasteiger partial charge is 0.506 e. The zero-order valence-corrected chi connectivity index (χ0v) is 18.5. The van der Waals surface area contributed by atoms with Crippen LogP contribution in [0, 0.1) is 6.92 Å². The lowest BCUT2D eigenvalue weighted by Crippen LogP contribution is -2.34. The van der Waals surface area contributed by atoms with Gasteiger partial charge in [0.25, 0.3) is 17.4 Å². The van der Waals surface area contributed by atoms with Gasteiger partial charge in [-0.15, -0.1) is 0 Å². The number of nitrogens with one attached hydrogen (secondary N) is 2. The molecular weight excluding hydrogens is 468 g/mol. The lowest BCUT2D eigenvalue weighted by molar-refractivity contribution is -0.135. The van der Waals surface area contributed by atoms with Gasteiger partial charge in [0.15, 0.2) is 5.75 Å². The molecule has 3 rings (SSSR count). The highest BCUT2D eigenvalue weighted by Gasteiger charge is 2.30. The molecule has 0 bridgehead atoms. The van der Waals surface area contributed by atoms with E-state index in [2.05, 4.69) is 10.3 Å². The van der Waals surface area contributed by atoms with Gasteiger partial charge in [0.1, 0.15) is 17.7 Å². The summed E-state index contributed by atoms with van der Waals surface area (Å²) < 4.78 is 0.726. The number of nitrogens with zero attached hydrogens (tertiary/aromatic N) is 2. The molecule has 11 nitrogen and oxygen atoms in total. The lowest BCUT2D eigenvalue weighted by Gasteiger charge is -2.17. The van der Waals surface area contributed by atoms with E-state index in [-0.39, 0.29) is 12.2 Å². The van der Waals surface area contributed by atoms with E-state index < -0.39 is 52.6 Å². The number of anilines is 1. The minimum atomic E-state index is -1.38. The highest BCUT2D eigenvalue weighted by Crippen LogP contribution is 2.30. The first-order chi connectivity index (χ1) is 16.1. The summed E-state index contributed by atoms with van der Waals surface area (Å²) in [6, 6.07) is 7.78. The number of carbonyl (C=O) groups is 3. The van der Waals surface area contributed by atoms with Gasteiger partial charge < -0.3 is 26.0 Å². The monoisotopic (exact) mass is 486 g/mol. The molecule has 34 heavy (non-hydrogen) atoms. The number of rotatable bonds is 7. The van der Waals surface area contributed by atoms with Gasteiger partial charge in [0.2, 0.25) is 5.88 Å². The van der Waals surface area contributed by atoms with Crippen LogP contribution < -0.4 is 16.2 Å². The van der Waals surface area contributed by atoms with Gasteiger partial charge in [-0.25, -0.2) is 0 Å². The summed E-state index contributed by atoms with van der Waals surface area (Å²) >= 11 is 5.96. The van der Waals surface area contributed by atoms with Crippen molar-refractivity contribution in [2.45, 2.75) is 13.5 Å². The molecule has 0 fully saturated rings. The average molecular weight is 487 g/mol. The smallest absolute Gasteiger partial charge is 0.322 e. The van der Waals surface area contributed by atoms with Gasteiger partial charge in [-0.3, -0.25) is 28.7 Å². The number of carboxylic acids is 1. The maximum absolute atomic E-state index is 13.2. The molecule has 2 heterocycles. The van der Waals surface area contributed by atoms with Crippen LogP contribution in [0.1, 0.15) is 31.8 Å². The second kappa shape index (κ2) is 10.0. The number of hydrogen-bond donors (Lipinski definition) is 5. The summed E-state index contributed by atoms with van der Waals surface area (Å²) in [5.74, 6) is -5.70. The molecule has 0 radical (unpaired) electrons. The Labute approximate surface area is 197 Å². The van der Waals surface area contributed by atoms with Gasteiger partial charge in [-0.1, -0.05) is 17.7 Å². The zero-order chi connectivity index (χ0) is 25.0. The molecule has 0 aliphatic heterocycles. The number of pyridine rings is 2. The Bertz CT molecular complexity index is 1340. The van der Waals surface area contributed by atoms with Gasteiger partial charge in [0, 0.05) is 11.2 Å². The van der Waals surface area contributed by atoms with Crippen LogP contribution in [-0.2, 0) is 11.3 Å². The van der Waals surface area contributed by atoms with E-state index in [1.807, 2.05) is 5.32 Å². The molecule has 3 aromatic rings. The summed E-state index contributed by atoms with van der Waals surface area (Å²) in [5, 5.41) is 35.0. The van der Waals surface area contributed by atoms with Crippen molar-refractivity contribution in [2.75, 3.05) is 11.9 Å². The van der Waals surface area contributed by atoms with Crippen molar-refractivity contribution in [2.24, 2.45) is 0 Å². The second-order valence-corrected chi connectivity index (χ2v) is 7.59. The van der Waals surface area contributed by atoms with Crippen molar-refractivity contribution in [3.8, 4) is 11.6 Å². The Kier molecular flexibility index (Phi) is 7.17. The normalized spacial score (nSPS) is 10.5. The zero-order valence-electron chi connectivity index (χ0n) is 17.7. The Morgan fingerprint density at radius 3 is 2.47 bits per heavy atom. The third kappa shape index (κ3) is 5.15. The third-order valence-corrected chi connectivity index (χ3v) is 5.05. The van der Waals surface area contributed by atoms with Crippen molar-refractivity contribution in [3.05, 3.63) is 80.4 Å². The molecule has 0 aliphatic rings. The van der Waals surface area contributed by atoms with Crippen molar-refractivity contribution in [3.63, 3.8) is 0 Å². The van der Waals surface area contributed by atoms with Crippen LogP contribution in [0.5, 0.6) is 11.6 Å². The number of hydrogen-bond acceptors (Lipinski definition) is 7. The van der Waals surface area contributed by atoms with Crippen LogP contribution in [0.15, 0.2) is 47.5 Å². The minimum Gasteiger partial charge on any atom is -0.506 e. The van der Waals surface area contributed by atoms with Gasteiger partial charge in [-0.05, 0) is 42.3 Å². The number of aromatic hydroxyl groups is 2. The Morgan fingerprint density at radius 1 is 1.12 bits per heavy atom. The summed E-state index contributed by atoms with van der Waals surface area (Å²) in [5.41, 5.74) is -1.34. The first-order valence-corrected chi connectivity index (χ1v) is 10.1. The Morgan fingerprint density at radius 2 is 1.85 bits per heavy atom. The molecule has 1 aromatic carbocycles. The SMILES string of the molecule is Cc1cc(Cl)ccc1Cn1c(O)c(C(=O)NCC(=O)O)c(O)c(C(=O)Nc2cccnc2)c1=O. The molecule has 5 N–H and O–H groups in total. The molecule has 0 spiro atoms. The second-order valence-electron chi connectivity index (χ2n) is 7.16. The number of aliphatic carboxylic acids is 1. The minimum absolute atomic E-state index is 0.205. The van der Waals surface area contributed by atoms with Crippen LogP contribution in [0.4, 0.5) is 5.69 Å². The van der Waals surface area contributed by atoms with Crippen LogP contribution in [0.25, 0.3) is 0 Å². The van der Waals surface area contributed by atoms with Gasteiger partial charge >= 0.3 is 5.97 Å². The topological polar surface area (TPSA) is 171 Å². The number of halogens is 1. The lowest BCUT2D eigenvalue weighted by atomic mass is 10.1. The maximum atomic E-state index is 13.2. The molecule has 2 amide bonds. The number of aryl methyl sites for hydroxylation is 1. The molecule has 0 saturated carbocycles. The predicted molar refractivity (Wildman–Crippen MR) is 121 cm³/mol. The van der Waals surface area contributed by atoms with Crippen molar-refractivity contribution >= 4 is 35.1 Å². The third-order valence-electron chi connectivity index (χ3n) is 4.82. The fraction of sp³-hybridized carbons (Fsp3) is 0.136. The van der Waals surface area contributed by atoms with Crippen molar-refractivity contribution < 1.29 is 29.7 Å². The average Bonchev–Trinajstić information content (AvgIpc) is 2.77. The Balaban J connectivity index is 2.17. The van der Waals surface area contributed by atoms with Crippen molar-refractivity contribution in [1.82, 2.24) is 14.9 Å². The fourth-order valence-corrected chi connectivity index (χ4v) is 3.37. The van der Waals surface area contributed by atoms with E-state index in [0.29, 0.717) is 16.1 Å². The summed E-state index contributed by atoms with van der Waals surface area (Å²) in [4.78, 5) is 53.3. The van der Waals surface area contributed by atoms with E-state index >= 15 is 0 Å². The van der Waals surface area contributed by atoms with Crippen molar-refractivity contribution in [1.29, 1.82) is 0 Å². The molecule has 0 atom stereocenters. The number of carboxylic acid groups (broad SMARTS) is 1. The molecular formula is C22H19ClN4O7. The standard InChI is InChI=1S/C22H19ClN4O7/c1-11-7-13(23)5-4-12(11)10-27-21(33)16(19(31)25-9-15(28)29)18(30)17(22(27)34)20(32)26-14-3-2-6-24-8-14/h2-8,30,33H,9-10H2,1H3,(H,25,31)(H,26,32)(H,28,29). The first-order valence-electron chi connectivity index (χ1n) is 9.75. The highest BCUT2D eigenvalue weighted by molar-refractivity contribution is 6.30. The Hall–Kier alpha value is -4.38. The van der Waals surface area contributed by atoms with Gasteiger partial charge in [0.05, 0.1) is 18.4 Å². The number of aromatic nitrogens is 2. The molecule has 0 aliphatic carbocycles. The summed E-state index contributed by atoms with van der Waals surface area (Å²) in [6.45, 7) is 0.602. The predicted octanol–water partition coefficient (Wildman–Crippen LogP) is 1.73. The quantitative estimate of drug-likeness (QED) is 0.336. The number of benzene rings is 1. The van der Waals surface area contributed by atoms with Crippen LogP contribution in [0.2, 0.25) is 5.02 Å². The van der Waals surface area contributed by atoms with Crippen LogP contribution in [-0.4, -0.2) is 49.2 Å². The fourth-order valence-electron chi connectivity index (χ4n) is 3.14. The van der Waals surface area contributed by atoms with E-state index in [1.165, 1.54) is 24.5 Å². The molecule has 0 unspecified atom stereocenters. The molecule has 0 saturated heterocycles. The van der Waals surface area contributed by atoms with Gasteiger partial charge in [-0.2, -0.15) is 0 Å². The number of carbonyl (C=O) groups excluding carboxylic acids is 2. The highest BCUT2D eigenvalue weighted by atomic mass is 35.5. The number of amides is 2. The molecule has 176 valence electrons. The summed E-state index contributed by atoms with van der Waals surface area (Å²) in [6.07, 6.45) is 2.76. The van der Waals surface area contributed by atoms with Crippen LogP contribution >= 0.6 is 11.6 Å². The van der Waals surface area contributed by atoms with E-state index in [4.69, 9.17) is 16.7 Å². The van der Waals surface area contributed by atoms with E-state index in [9.17, 15) is 29.4 Å². The molecule has 12 heteroatoms. The van der Waals surface area contributed by atoms with E-state index in [0.717, 1.165) is 4.57 Å². The molecule has 2 aromatic heterocycles. The van der Waals surface area contributed by atoms with E-state index in [1.54, 1.807) is 25.1 Å².